The lowest BCUT2D eigenvalue weighted by Crippen LogP contribution is -2.53. The second kappa shape index (κ2) is 7.51. The molecule has 0 spiro atoms. The Morgan fingerprint density at radius 3 is 2.68 bits per heavy atom. The normalized spacial score (nSPS) is 20.3. The van der Waals surface area contributed by atoms with Crippen LogP contribution in [0, 0.1) is 0 Å². The van der Waals surface area contributed by atoms with E-state index >= 15 is 0 Å². The Morgan fingerprint density at radius 1 is 1.28 bits per heavy atom. The minimum Gasteiger partial charge on any atom is -0.379 e. The predicted molar refractivity (Wildman–Crippen MR) is 93.6 cm³/mol. The van der Waals surface area contributed by atoms with Crippen molar-refractivity contribution in [1.29, 1.82) is 0 Å². The van der Waals surface area contributed by atoms with Gasteiger partial charge in [0.15, 0.2) is 0 Å². The van der Waals surface area contributed by atoms with Crippen LogP contribution in [0.4, 0.5) is 5.69 Å². The Balaban J connectivity index is 1.71. The second-order valence-corrected chi connectivity index (χ2v) is 6.65. The molecular formula is C16H19BrN4O4. The molecule has 3 rings (SSSR count). The summed E-state index contributed by atoms with van der Waals surface area (Å²) in [5.41, 5.74) is 3.96. The number of anilines is 1. The van der Waals surface area contributed by atoms with Crippen LogP contribution in [0.3, 0.4) is 0 Å². The highest BCUT2D eigenvalue weighted by Crippen LogP contribution is 2.37. The lowest BCUT2D eigenvalue weighted by Gasteiger charge is -2.26. The summed E-state index contributed by atoms with van der Waals surface area (Å²) in [5, 5.41) is 4.17. The van der Waals surface area contributed by atoms with Crippen molar-refractivity contribution in [3.63, 3.8) is 0 Å². The van der Waals surface area contributed by atoms with Crippen molar-refractivity contribution in [2.24, 2.45) is 0 Å². The monoisotopic (exact) mass is 410 g/mol. The van der Waals surface area contributed by atoms with Crippen LogP contribution < -0.4 is 15.6 Å². The van der Waals surface area contributed by atoms with E-state index in [1.54, 1.807) is 16.0 Å². The average molecular weight is 411 g/mol. The molecule has 2 N–H and O–H groups in total. The number of hydrazine groups is 1. The molecule has 0 aromatic heterocycles. The first-order valence-corrected chi connectivity index (χ1v) is 8.85. The van der Waals surface area contributed by atoms with Crippen molar-refractivity contribution in [2.45, 2.75) is 13.0 Å². The Kier molecular flexibility index (Phi) is 5.36. The molecule has 2 heterocycles. The topological polar surface area (TPSA) is 91.0 Å². The molecule has 2 aliphatic rings. The van der Waals surface area contributed by atoms with Crippen LogP contribution in [-0.4, -0.2) is 55.6 Å². The average Bonchev–Trinajstić information content (AvgIpc) is 2.86. The van der Waals surface area contributed by atoms with E-state index in [9.17, 15) is 14.4 Å². The van der Waals surface area contributed by atoms with Gasteiger partial charge < -0.3 is 15.0 Å². The molecule has 1 unspecified atom stereocenters. The summed E-state index contributed by atoms with van der Waals surface area (Å²) in [7, 11) is 0. The van der Waals surface area contributed by atoms with Gasteiger partial charge in [0.2, 0.25) is 0 Å². The molecule has 0 aliphatic carbocycles. The van der Waals surface area contributed by atoms with Crippen molar-refractivity contribution in [2.75, 3.05) is 37.7 Å². The van der Waals surface area contributed by atoms with Gasteiger partial charge in [0.05, 0.1) is 13.2 Å². The van der Waals surface area contributed by atoms with Gasteiger partial charge in [-0.15, -0.1) is 0 Å². The van der Waals surface area contributed by atoms with Gasteiger partial charge in [-0.1, -0.05) is 15.9 Å². The van der Waals surface area contributed by atoms with Gasteiger partial charge in [-0.05, 0) is 25.1 Å². The second-order valence-electron chi connectivity index (χ2n) is 5.73. The first-order chi connectivity index (χ1) is 12.0. The number of carbonyl (C=O) groups is 3. The highest BCUT2D eigenvalue weighted by atomic mass is 79.9. The molecule has 0 radical (unpaired) electrons. The highest BCUT2D eigenvalue weighted by Gasteiger charge is 2.38. The fourth-order valence-electron chi connectivity index (χ4n) is 2.94. The van der Waals surface area contributed by atoms with Crippen LogP contribution in [-0.2, 0) is 19.1 Å². The van der Waals surface area contributed by atoms with E-state index in [-0.39, 0.29) is 5.91 Å². The zero-order valence-electron chi connectivity index (χ0n) is 13.8. The van der Waals surface area contributed by atoms with Crippen molar-refractivity contribution in [3.05, 3.63) is 28.2 Å². The summed E-state index contributed by atoms with van der Waals surface area (Å²) in [5.74, 6) is -1.88. The molecule has 3 amide bonds. The summed E-state index contributed by atoms with van der Waals surface area (Å²) in [6.07, 6.45) is 0. The molecule has 0 bridgehead atoms. The van der Waals surface area contributed by atoms with Gasteiger partial charge in [-0.2, -0.15) is 0 Å². The first kappa shape index (κ1) is 17.8. The first-order valence-electron chi connectivity index (χ1n) is 8.06. The number of hydrogen-bond acceptors (Lipinski definition) is 5. The van der Waals surface area contributed by atoms with Crippen molar-refractivity contribution < 1.29 is 19.1 Å². The zero-order chi connectivity index (χ0) is 18.0. The maximum atomic E-state index is 12.6. The molecule has 1 aromatic rings. The third kappa shape index (κ3) is 3.68. The zero-order valence-corrected chi connectivity index (χ0v) is 15.3. The van der Waals surface area contributed by atoms with Gasteiger partial charge in [-0.3, -0.25) is 19.8 Å². The molecule has 1 aromatic carbocycles. The van der Waals surface area contributed by atoms with E-state index in [0.29, 0.717) is 38.4 Å². The Labute approximate surface area is 153 Å². The van der Waals surface area contributed by atoms with E-state index in [1.165, 1.54) is 0 Å². The number of hydrogen-bond donors (Lipinski definition) is 2. The van der Waals surface area contributed by atoms with Crippen LogP contribution >= 0.6 is 15.9 Å². The van der Waals surface area contributed by atoms with Crippen LogP contribution in [0.5, 0.6) is 0 Å². The lowest BCUT2D eigenvalue weighted by atomic mass is 10.1. The molecule has 1 saturated heterocycles. The number of fused-ring (bicyclic) bond motifs is 1. The SMILES string of the molecule is CCN1C(=O)C(NC(=O)C(=O)NN2CCOCC2)c2cc(Br)ccc21. The Hall–Kier alpha value is -1.97. The molecule has 9 heteroatoms. The summed E-state index contributed by atoms with van der Waals surface area (Å²) >= 11 is 3.37. The van der Waals surface area contributed by atoms with Crippen LogP contribution in [0.25, 0.3) is 0 Å². The standard InChI is InChI=1S/C16H19BrN4O4/c1-2-21-12-4-3-10(17)9-11(12)13(16(21)24)18-14(22)15(23)19-20-5-7-25-8-6-20/h3-4,9,13H,2,5-8H2,1H3,(H,18,22)(H,19,23). The number of halogens is 1. The molecule has 134 valence electrons. The van der Waals surface area contributed by atoms with E-state index in [0.717, 1.165) is 10.2 Å². The number of likely N-dealkylation sites (N-methyl/N-ethyl adjacent to an activating group) is 1. The molecule has 25 heavy (non-hydrogen) atoms. The third-order valence-corrected chi connectivity index (χ3v) is 4.67. The largest absolute Gasteiger partial charge is 0.379 e. The smallest absolute Gasteiger partial charge is 0.323 e. The summed E-state index contributed by atoms with van der Waals surface area (Å²) in [4.78, 5) is 38.5. The van der Waals surface area contributed by atoms with E-state index in [2.05, 4.69) is 26.7 Å². The number of benzene rings is 1. The number of ether oxygens (including phenoxy) is 1. The number of nitrogens with zero attached hydrogens (tertiary/aromatic N) is 2. The van der Waals surface area contributed by atoms with Gasteiger partial charge >= 0.3 is 11.8 Å². The number of morpholine rings is 1. The maximum absolute atomic E-state index is 12.6. The van der Waals surface area contributed by atoms with Crippen LogP contribution in [0.15, 0.2) is 22.7 Å². The number of carbonyl (C=O) groups excluding carboxylic acids is 3. The van der Waals surface area contributed by atoms with Gasteiger partial charge in [0.1, 0.15) is 6.04 Å². The van der Waals surface area contributed by atoms with Crippen molar-refractivity contribution in [1.82, 2.24) is 15.8 Å². The molecule has 0 saturated carbocycles. The summed E-state index contributed by atoms with van der Waals surface area (Å²) in [6, 6.07) is 4.58. The van der Waals surface area contributed by atoms with E-state index < -0.39 is 17.9 Å². The quantitative estimate of drug-likeness (QED) is 0.700. The Morgan fingerprint density at radius 2 is 2.00 bits per heavy atom. The number of rotatable bonds is 3. The van der Waals surface area contributed by atoms with Crippen molar-refractivity contribution >= 4 is 39.3 Å². The van der Waals surface area contributed by atoms with E-state index in [1.807, 2.05) is 19.1 Å². The van der Waals surface area contributed by atoms with Crippen molar-refractivity contribution in [3.8, 4) is 0 Å². The predicted octanol–water partition coefficient (Wildman–Crippen LogP) is 0.336. The van der Waals surface area contributed by atoms with Crippen LogP contribution in [0.2, 0.25) is 0 Å². The lowest BCUT2D eigenvalue weighted by molar-refractivity contribution is -0.144. The fourth-order valence-corrected chi connectivity index (χ4v) is 3.32. The fraction of sp³-hybridized carbons (Fsp3) is 0.438. The molecule has 1 fully saturated rings. The molecule has 8 nitrogen and oxygen atoms in total. The molecular weight excluding hydrogens is 392 g/mol. The number of nitrogens with one attached hydrogen (secondary N) is 2. The maximum Gasteiger partial charge on any atom is 0.323 e. The van der Waals surface area contributed by atoms with Crippen LogP contribution in [0.1, 0.15) is 18.5 Å². The summed E-state index contributed by atoms with van der Waals surface area (Å²) in [6.45, 7) is 4.37. The minimum atomic E-state index is -0.865. The minimum absolute atomic E-state index is 0.247. The molecule has 2 aliphatic heterocycles. The third-order valence-electron chi connectivity index (χ3n) is 4.17. The number of amides is 3. The Bertz CT molecular complexity index is 705. The van der Waals surface area contributed by atoms with Gasteiger partial charge in [0, 0.05) is 35.4 Å². The van der Waals surface area contributed by atoms with Gasteiger partial charge in [-0.25, -0.2) is 5.01 Å². The highest BCUT2D eigenvalue weighted by molar-refractivity contribution is 9.10. The van der Waals surface area contributed by atoms with Gasteiger partial charge in [0.25, 0.3) is 5.91 Å². The molecule has 1 atom stereocenters. The summed E-state index contributed by atoms with van der Waals surface area (Å²) < 4.78 is 5.99. The van der Waals surface area contributed by atoms with E-state index in [4.69, 9.17) is 4.74 Å².